The lowest BCUT2D eigenvalue weighted by atomic mass is 10.1. The van der Waals surface area contributed by atoms with Gasteiger partial charge in [-0.3, -0.25) is 9.59 Å². The first kappa shape index (κ1) is 11.8. The Morgan fingerprint density at radius 3 is 2.53 bits per heavy atom. The van der Waals surface area contributed by atoms with Gasteiger partial charge < -0.3 is 10.2 Å². The van der Waals surface area contributed by atoms with Crippen molar-refractivity contribution >= 4 is 11.8 Å². The zero-order valence-electron chi connectivity index (χ0n) is 9.00. The molecule has 0 spiro atoms. The van der Waals surface area contributed by atoms with Gasteiger partial charge in [0.15, 0.2) is 0 Å². The minimum atomic E-state index is -0.221. The lowest BCUT2D eigenvalue weighted by Crippen LogP contribution is -2.37. The highest BCUT2D eigenvalue weighted by Gasteiger charge is 2.15. The van der Waals surface area contributed by atoms with Crippen molar-refractivity contribution in [1.82, 2.24) is 10.2 Å². The van der Waals surface area contributed by atoms with Crippen LogP contribution >= 0.6 is 0 Å². The predicted molar refractivity (Wildman–Crippen MR) is 58.3 cm³/mol. The molecule has 0 aliphatic carbocycles. The molecule has 0 aromatic rings. The van der Waals surface area contributed by atoms with E-state index in [1.807, 2.05) is 4.90 Å². The van der Waals surface area contributed by atoms with Gasteiger partial charge in [0.2, 0.25) is 11.8 Å². The van der Waals surface area contributed by atoms with Crippen molar-refractivity contribution in [3.05, 3.63) is 12.7 Å². The van der Waals surface area contributed by atoms with E-state index in [0.717, 1.165) is 25.9 Å². The smallest absolute Gasteiger partial charge is 0.243 e. The highest BCUT2D eigenvalue weighted by atomic mass is 16.2. The normalized spacial score (nSPS) is 15.9. The van der Waals surface area contributed by atoms with Crippen LogP contribution in [0.1, 0.15) is 25.7 Å². The Labute approximate surface area is 90.3 Å². The van der Waals surface area contributed by atoms with Gasteiger partial charge in [-0.2, -0.15) is 0 Å². The monoisotopic (exact) mass is 210 g/mol. The second kappa shape index (κ2) is 6.22. The van der Waals surface area contributed by atoms with Crippen LogP contribution in [0, 0.1) is 0 Å². The van der Waals surface area contributed by atoms with Crippen molar-refractivity contribution in [3.8, 4) is 0 Å². The molecule has 1 rings (SSSR count). The van der Waals surface area contributed by atoms with Crippen molar-refractivity contribution in [2.24, 2.45) is 0 Å². The highest BCUT2D eigenvalue weighted by molar-refractivity contribution is 5.87. The number of rotatable bonds is 4. The molecular weight excluding hydrogens is 192 g/mol. The molecule has 4 nitrogen and oxygen atoms in total. The summed E-state index contributed by atoms with van der Waals surface area (Å²) in [4.78, 5) is 24.3. The van der Waals surface area contributed by atoms with E-state index in [-0.39, 0.29) is 11.8 Å². The number of carbonyl (C=O) groups excluding carboxylic acids is 2. The van der Waals surface area contributed by atoms with E-state index in [4.69, 9.17) is 0 Å². The van der Waals surface area contributed by atoms with Crippen LogP contribution in [0.3, 0.4) is 0 Å². The standard InChI is InChI=1S/C11H18N2O2/c1-2-10(14)12-7-6-11(15)13-8-4-3-5-9-13/h2H,1,3-9H2,(H,12,14). The second-order valence-electron chi connectivity index (χ2n) is 3.69. The van der Waals surface area contributed by atoms with Crippen molar-refractivity contribution < 1.29 is 9.59 Å². The minimum absolute atomic E-state index is 0.138. The molecule has 4 heteroatoms. The van der Waals surface area contributed by atoms with Gasteiger partial charge in [-0.05, 0) is 25.3 Å². The molecule has 15 heavy (non-hydrogen) atoms. The van der Waals surface area contributed by atoms with Gasteiger partial charge >= 0.3 is 0 Å². The fourth-order valence-corrected chi connectivity index (χ4v) is 1.67. The maximum atomic E-state index is 11.6. The van der Waals surface area contributed by atoms with E-state index < -0.39 is 0 Å². The minimum Gasteiger partial charge on any atom is -0.352 e. The average Bonchev–Trinajstić information content (AvgIpc) is 2.29. The number of hydrogen-bond donors (Lipinski definition) is 1. The average molecular weight is 210 g/mol. The van der Waals surface area contributed by atoms with Gasteiger partial charge in [-0.1, -0.05) is 6.58 Å². The number of piperidine rings is 1. The summed E-state index contributed by atoms with van der Waals surface area (Å²) >= 11 is 0. The molecule has 0 radical (unpaired) electrons. The lowest BCUT2D eigenvalue weighted by Gasteiger charge is -2.26. The van der Waals surface area contributed by atoms with E-state index in [1.54, 1.807) is 0 Å². The number of hydrogen-bond acceptors (Lipinski definition) is 2. The fourth-order valence-electron chi connectivity index (χ4n) is 1.67. The molecule has 0 unspecified atom stereocenters. The molecule has 0 bridgehead atoms. The van der Waals surface area contributed by atoms with Gasteiger partial charge in [0.1, 0.15) is 0 Å². The summed E-state index contributed by atoms with van der Waals surface area (Å²) in [6.07, 6.45) is 5.03. The second-order valence-corrected chi connectivity index (χ2v) is 3.69. The van der Waals surface area contributed by atoms with Crippen LogP contribution in [0.2, 0.25) is 0 Å². The molecule has 0 aromatic carbocycles. The summed E-state index contributed by atoms with van der Waals surface area (Å²) < 4.78 is 0. The maximum absolute atomic E-state index is 11.6. The molecule has 0 aromatic heterocycles. The lowest BCUT2D eigenvalue weighted by molar-refractivity contribution is -0.132. The van der Waals surface area contributed by atoms with Gasteiger partial charge in [0.25, 0.3) is 0 Å². The quantitative estimate of drug-likeness (QED) is 0.694. The van der Waals surface area contributed by atoms with Gasteiger partial charge in [0.05, 0.1) is 0 Å². The van der Waals surface area contributed by atoms with Crippen LogP contribution < -0.4 is 5.32 Å². The maximum Gasteiger partial charge on any atom is 0.243 e. The van der Waals surface area contributed by atoms with Crippen LogP contribution in [0.4, 0.5) is 0 Å². The Morgan fingerprint density at radius 1 is 1.27 bits per heavy atom. The molecule has 2 amide bonds. The molecule has 1 fully saturated rings. The van der Waals surface area contributed by atoms with Gasteiger partial charge in [-0.25, -0.2) is 0 Å². The summed E-state index contributed by atoms with van der Waals surface area (Å²) in [5, 5.41) is 2.60. The van der Waals surface area contributed by atoms with Crippen LogP contribution in [0.5, 0.6) is 0 Å². The SMILES string of the molecule is C=CC(=O)NCCC(=O)N1CCCCC1. The molecule has 1 aliphatic heterocycles. The summed E-state index contributed by atoms with van der Waals surface area (Å²) in [5.41, 5.74) is 0. The molecular formula is C11H18N2O2. The fraction of sp³-hybridized carbons (Fsp3) is 0.636. The molecule has 0 saturated carbocycles. The van der Waals surface area contributed by atoms with Crippen molar-refractivity contribution in [2.75, 3.05) is 19.6 Å². The number of likely N-dealkylation sites (tertiary alicyclic amines) is 1. The molecule has 0 atom stereocenters. The third-order valence-electron chi connectivity index (χ3n) is 2.53. The Hall–Kier alpha value is -1.32. The number of nitrogens with one attached hydrogen (secondary N) is 1. The van der Waals surface area contributed by atoms with Crippen molar-refractivity contribution in [2.45, 2.75) is 25.7 Å². The largest absolute Gasteiger partial charge is 0.352 e. The van der Waals surface area contributed by atoms with E-state index >= 15 is 0 Å². The zero-order chi connectivity index (χ0) is 11.1. The Bertz CT molecular complexity index is 245. The van der Waals surface area contributed by atoms with Crippen LogP contribution in [0.15, 0.2) is 12.7 Å². The van der Waals surface area contributed by atoms with E-state index in [0.29, 0.717) is 13.0 Å². The Kier molecular flexibility index (Phi) is 4.87. The first-order chi connectivity index (χ1) is 7.24. The van der Waals surface area contributed by atoms with E-state index in [2.05, 4.69) is 11.9 Å². The zero-order valence-corrected chi connectivity index (χ0v) is 9.00. The van der Waals surface area contributed by atoms with E-state index in [9.17, 15) is 9.59 Å². The topological polar surface area (TPSA) is 49.4 Å². The predicted octanol–water partition coefficient (Wildman–Crippen LogP) is 0.691. The first-order valence-electron chi connectivity index (χ1n) is 5.42. The molecule has 1 heterocycles. The molecule has 1 N–H and O–H groups in total. The molecule has 1 aliphatic rings. The molecule has 84 valence electrons. The summed E-state index contributed by atoms with van der Waals surface area (Å²) in [6, 6.07) is 0. The van der Waals surface area contributed by atoms with Gasteiger partial charge in [-0.15, -0.1) is 0 Å². The molecule has 1 saturated heterocycles. The third kappa shape index (κ3) is 4.14. The van der Waals surface area contributed by atoms with Crippen molar-refractivity contribution in [3.63, 3.8) is 0 Å². The first-order valence-corrected chi connectivity index (χ1v) is 5.42. The third-order valence-corrected chi connectivity index (χ3v) is 2.53. The Balaban J connectivity index is 2.17. The highest BCUT2D eigenvalue weighted by Crippen LogP contribution is 2.09. The van der Waals surface area contributed by atoms with Crippen LogP contribution in [0.25, 0.3) is 0 Å². The van der Waals surface area contributed by atoms with Crippen LogP contribution in [-0.4, -0.2) is 36.3 Å². The number of carbonyl (C=O) groups is 2. The van der Waals surface area contributed by atoms with E-state index in [1.165, 1.54) is 12.5 Å². The number of nitrogens with zero attached hydrogens (tertiary/aromatic N) is 1. The number of amides is 2. The van der Waals surface area contributed by atoms with Crippen molar-refractivity contribution in [1.29, 1.82) is 0 Å². The summed E-state index contributed by atoms with van der Waals surface area (Å²) in [5.74, 6) is -0.0829. The summed E-state index contributed by atoms with van der Waals surface area (Å²) in [6.45, 7) is 5.48. The Morgan fingerprint density at radius 2 is 1.93 bits per heavy atom. The van der Waals surface area contributed by atoms with Crippen LogP contribution in [-0.2, 0) is 9.59 Å². The summed E-state index contributed by atoms with van der Waals surface area (Å²) in [7, 11) is 0. The van der Waals surface area contributed by atoms with Gasteiger partial charge in [0, 0.05) is 26.1 Å².